The summed E-state index contributed by atoms with van der Waals surface area (Å²) in [5, 5.41) is 9.71. The molecule has 1 aromatic rings. The van der Waals surface area contributed by atoms with E-state index in [0.29, 0.717) is 19.4 Å². The molecule has 1 amide bonds. The molecule has 4 heteroatoms. The quantitative estimate of drug-likeness (QED) is 0.901. The van der Waals surface area contributed by atoms with E-state index >= 15 is 0 Å². The van der Waals surface area contributed by atoms with Crippen molar-refractivity contribution in [1.82, 2.24) is 4.90 Å². The first-order valence-electron chi connectivity index (χ1n) is 6.54. The fraction of sp³-hybridized carbons (Fsp3) is 0.533. The van der Waals surface area contributed by atoms with Gasteiger partial charge in [0.2, 0.25) is 5.91 Å². The predicted octanol–water partition coefficient (Wildman–Crippen LogP) is 1.61. The molecule has 0 radical (unpaired) electrons. The minimum Gasteiger partial charge on any atom is -0.497 e. The highest BCUT2D eigenvalue weighted by molar-refractivity contribution is 5.80. The maximum Gasteiger partial charge on any atom is 0.227 e. The molecule has 1 atom stereocenters. The number of benzene rings is 1. The maximum atomic E-state index is 12.3. The number of nitrogens with zero attached hydrogens (tertiary/aromatic N) is 1. The van der Waals surface area contributed by atoms with Crippen LogP contribution >= 0.6 is 0 Å². The van der Waals surface area contributed by atoms with Gasteiger partial charge in [-0.1, -0.05) is 12.1 Å². The zero-order valence-electron chi connectivity index (χ0n) is 11.7. The molecule has 1 fully saturated rings. The van der Waals surface area contributed by atoms with Gasteiger partial charge in [0, 0.05) is 12.1 Å². The third kappa shape index (κ3) is 3.07. The van der Waals surface area contributed by atoms with Gasteiger partial charge in [-0.2, -0.15) is 0 Å². The van der Waals surface area contributed by atoms with Crippen molar-refractivity contribution >= 4 is 5.91 Å². The van der Waals surface area contributed by atoms with Crippen molar-refractivity contribution in [2.45, 2.75) is 38.3 Å². The largest absolute Gasteiger partial charge is 0.497 e. The highest BCUT2D eigenvalue weighted by Gasteiger charge is 2.40. The second-order valence-electron chi connectivity index (χ2n) is 5.70. The fourth-order valence-electron chi connectivity index (χ4n) is 2.66. The number of hydrogen-bond donors (Lipinski definition) is 1. The zero-order chi connectivity index (χ0) is 14.0. The lowest BCUT2D eigenvalue weighted by atomic mass is 10.0. The summed E-state index contributed by atoms with van der Waals surface area (Å²) in [6, 6.07) is 7.51. The van der Waals surface area contributed by atoms with Gasteiger partial charge in [0.25, 0.3) is 0 Å². The van der Waals surface area contributed by atoms with Crippen LogP contribution in [0.4, 0.5) is 0 Å². The van der Waals surface area contributed by atoms with E-state index in [1.165, 1.54) is 0 Å². The highest BCUT2D eigenvalue weighted by atomic mass is 16.5. The van der Waals surface area contributed by atoms with E-state index in [1.54, 1.807) is 12.0 Å². The Hall–Kier alpha value is -1.55. The standard InChI is InChI=1S/C15H21NO3/c1-15(2)9-12(17)10-16(15)14(18)8-11-4-6-13(19-3)7-5-11/h4-7,12,17H,8-10H2,1-3H3. The molecule has 0 aromatic heterocycles. The lowest BCUT2D eigenvalue weighted by Gasteiger charge is -2.31. The van der Waals surface area contributed by atoms with Crippen LogP contribution in [0.2, 0.25) is 0 Å². The van der Waals surface area contributed by atoms with Gasteiger partial charge in [-0.25, -0.2) is 0 Å². The van der Waals surface area contributed by atoms with Crippen LogP contribution in [0.3, 0.4) is 0 Å². The number of carbonyl (C=O) groups is 1. The average molecular weight is 263 g/mol. The second kappa shape index (κ2) is 5.21. The molecule has 1 heterocycles. The number of hydrogen-bond acceptors (Lipinski definition) is 3. The topological polar surface area (TPSA) is 49.8 Å². The van der Waals surface area contributed by atoms with Crippen molar-refractivity contribution in [3.05, 3.63) is 29.8 Å². The summed E-state index contributed by atoms with van der Waals surface area (Å²) in [6.45, 7) is 4.42. The molecule has 1 aromatic carbocycles. The van der Waals surface area contributed by atoms with Crippen molar-refractivity contribution in [1.29, 1.82) is 0 Å². The molecule has 0 spiro atoms. The first-order valence-corrected chi connectivity index (χ1v) is 6.54. The Morgan fingerprint density at radius 3 is 2.53 bits per heavy atom. The Balaban J connectivity index is 2.04. The van der Waals surface area contributed by atoms with Gasteiger partial charge in [-0.3, -0.25) is 4.79 Å². The summed E-state index contributed by atoms with van der Waals surface area (Å²) in [7, 11) is 1.62. The van der Waals surface area contributed by atoms with Crippen molar-refractivity contribution in [3.8, 4) is 5.75 Å². The average Bonchev–Trinajstić information content (AvgIpc) is 2.63. The summed E-state index contributed by atoms with van der Waals surface area (Å²) in [4.78, 5) is 14.1. The van der Waals surface area contributed by atoms with Gasteiger partial charge in [0.1, 0.15) is 5.75 Å². The number of ether oxygens (including phenoxy) is 1. The lowest BCUT2D eigenvalue weighted by molar-refractivity contribution is -0.133. The van der Waals surface area contributed by atoms with Crippen LogP contribution in [-0.4, -0.2) is 41.2 Å². The molecule has 0 bridgehead atoms. The van der Waals surface area contributed by atoms with Gasteiger partial charge >= 0.3 is 0 Å². The lowest BCUT2D eigenvalue weighted by Crippen LogP contribution is -2.43. The molecule has 1 N–H and O–H groups in total. The number of rotatable bonds is 3. The fourth-order valence-corrected chi connectivity index (χ4v) is 2.66. The summed E-state index contributed by atoms with van der Waals surface area (Å²) in [5.74, 6) is 0.847. The van der Waals surface area contributed by atoms with Crippen molar-refractivity contribution < 1.29 is 14.6 Å². The molecule has 2 rings (SSSR count). The Morgan fingerprint density at radius 1 is 1.42 bits per heavy atom. The van der Waals surface area contributed by atoms with Gasteiger partial charge in [0.05, 0.1) is 19.6 Å². The first kappa shape index (κ1) is 13.9. The normalized spacial score (nSPS) is 21.5. The van der Waals surface area contributed by atoms with Gasteiger partial charge in [-0.05, 0) is 38.0 Å². The van der Waals surface area contributed by atoms with Crippen molar-refractivity contribution in [2.24, 2.45) is 0 Å². The van der Waals surface area contributed by atoms with E-state index in [2.05, 4.69) is 0 Å². The smallest absolute Gasteiger partial charge is 0.227 e. The number of β-amino-alcohol motifs (C(OH)–C–C–N with tert-alkyl or cyclic N) is 1. The Morgan fingerprint density at radius 2 is 2.05 bits per heavy atom. The Labute approximate surface area is 114 Å². The minimum atomic E-state index is -0.408. The SMILES string of the molecule is COc1ccc(CC(=O)N2CC(O)CC2(C)C)cc1. The molecule has 0 saturated carbocycles. The van der Waals surface area contributed by atoms with E-state index in [-0.39, 0.29) is 11.4 Å². The van der Waals surface area contributed by atoms with E-state index in [1.807, 2.05) is 38.1 Å². The van der Waals surface area contributed by atoms with Gasteiger partial charge in [0.15, 0.2) is 0 Å². The molecule has 19 heavy (non-hydrogen) atoms. The van der Waals surface area contributed by atoms with Gasteiger partial charge < -0.3 is 14.7 Å². The monoisotopic (exact) mass is 263 g/mol. The van der Waals surface area contributed by atoms with E-state index in [0.717, 1.165) is 11.3 Å². The van der Waals surface area contributed by atoms with Crippen LogP contribution in [0.5, 0.6) is 5.75 Å². The highest BCUT2D eigenvalue weighted by Crippen LogP contribution is 2.29. The number of carbonyl (C=O) groups excluding carboxylic acids is 1. The van der Waals surface area contributed by atoms with Crippen LogP contribution in [0.25, 0.3) is 0 Å². The predicted molar refractivity (Wildman–Crippen MR) is 73.1 cm³/mol. The molecule has 1 saturated heterocycles. The number of amides is 1. The molecule has 1 unspecified atom stereocenters. The second-order valence-corrected chi connectivity index (χ2v) is 5.70. The molecule has 1 aliphatic heterocycles. The summed E-state index contributed by atoms with van der Waals surface area (Å²) >= 11 is 0. The third-order valence-corrected chi connectivity index (χ3v) is 3.67. The third-order valence-electron chi connectivity index (χ3n) is 3.67. The first-order chi connectivity index (χ1) is 8.92. The molecular formula is C15H21NO3. The molecule has 0 aliphatic carbocycles. The maximum absolute atomic E-state index is 12.3. The Bertz CT molecular complexity index is 453. The number of likely N-dealkylation sites (tertiary alicyclic amines) is 1. The van der Waals surface area contributed by atoms with E-state index in [9.17, 15) is 9.90 Å². The zero-order valence-corrected chi connectivity index (χ0v) is 11.7. The Kier molecular flexibility index (Phi) is 3.80. The van der Waals surface area contributed by atoms with Gasteiger partial charge in [-0.15, -0.1) is 0 Å². The summed E-state index contributed by atoms with van der Waals surface area (Å²) in [6.07, 6.45) is 0.594. The molecular weight excluding hydrogens is 242 g/mol. The number of aliphatic hydroxyl groups excluding tert-OH is 1. The number of methoxy groups -OCH3 is 1. The van der Waals surface area contributed by atoms with Crippen LogP contribution in [-0.2, 0) is 11.2 Å². The van der Waals surface area contributed by atoms with Crippen molar-refractivity contribution in [2.75, 3.05) is 13.7 Å². The van der Waals surface area contributed by atoms with Crippen LogP contribution in [0, 0.1) is 0 Å². The van der Waals surface area contributed by atoms with E-state index in [4.69, 9.17) is 4.74 Å². The number of aliphatic hydroxyl groups is 1. The van der Waals surface area contributed by atoms with Crippen molar-refractivity contribution in [3.63, 3.8) is 0 Å². The van der Waals surface area contributed by atoms with Crippen LogP contribution < -0.4 is 4.74 Å². The van der Waals surface area contributed by atoms with Crippen LogP contribution in [0.15, 0.2) is 24.3 Å². The summed E-state index contributed by atoms with van der Waals surface area (Å²) < 4.78 is 5.09. The summed E-state index contributed by atoms with van der Waals surface area (Å²) in [5.41, 5.74) is 0.700. The molecule has 4 nitrogen and oxygen atoms in total. The van der Waals surface area contributed by atoms with E-state index < -0.39 is 6.10 Å². The molecule has 104 valence electrons. The van der Waals surface area contributed by atoms with Crippen LogP contribution in [0.1, 0.15) is 25.8 Å². The minimum absolute atomic E-state index is 0.0618. The molecule has 1 aliphatic rings.